The van der Waals surface area contributed by atoms with Crippen molar-refractivity contribution in [3.8, 4) is 5.88 Å². The molecular weight excluding hydrogens is 316 g/mol. The van der Waals surface area contributed by atoms with Crippen LogP contribution in [0.5, 0.6) is 5.88 Å². The zero-order valence-corrected chi connectivity index (χ0v) is 13.6. The van der Waals surface area contributed by atoms with Gasteiger partial charge in [-0.3, -0.25) is 4.79 Å². The average molecular weight is 335 g/mol. The first-order valence-corrected chi connectivity index (χ1v) is 7.82. The van der Waals surface area contributed by atoms with Crippen molar-refractivity contribution < 1.29 is 18.3 Å². The van der Waals surface area contributed by atoms with Crippen molar-refractivity contribution in [2.75, 3.05) is 13.7 Å². The molecule has 0 aliphatic carbocycles. The molecule has 1 aliphatic heterocycles. The summed E-state index contributed by atoms with van der Waals surface area (Å²) < 4.78 is 34.0. The first-order chi connectivity index (χ1) is 11.5. The summed E-state index contributed by atoms with van der Waals surface area (Å²) in [6.45, 7) is 0.582. The van der Waals surface area contributed by atoms with Crippen LogP contribution in [0.15, 0.2) is 24.4 Å². The number of ether oxygens (including phenoxy) is 1. The zero-order valence-electron chi connectivity index (χ0n) is 13.6. The fourth-order valence-electron chi connectivity index (χ4n) is 3.24. The summed E-state index contributed by atoms with van der Waals surface area (Å²) in [5.74, 6) is -0.729. The number of aryl methyl sites for hydroxylation is 1. The van der Waals surface area contributed by atoms with Crippen molar-refractivity contribution in [2.24, 2.45) is 7.05 Å². The number of carbonyl (C=O) groups is 1. The molecule has 1 aromatic carbocycles. The van der Waals surface area contributed by atoms with Gasteiger partial charge in [-0.2, -0.15) is 5.10 Å². The van der Waals surface area contributed by atoms with Gasteiger partial charge in [0.1, 0.15) is 17.2 Å². The summed E-state index contributed by atoms with van der Waals surface area (Å²) in [5, 5.41) is 4.05. The van der Waals surface area contributed by atoms with Crippen molar-refractivity contribution in [2.45, 2.75) is 25.3 Å². The molecular formula is C17H19F2N3O2. The van der Waals surface area contributed by atoms with E-state index in [1.807, 2.05) is 0 Å². The van der Waals surface area contributed by atoms with Crippen LogP contribution >= 0.6 is 0 Å². The molecule has 3 rings (SSSR count). The standard InChI is InChI=1S/C17H19F2N3O2/c1-21-17(24-2)14(10-20-21)16(23)22-7-3-4-13(22)9-11-8-12(18)5-6-15(11)19/h5-6,8,10,13H,3-4,7,9H2,1-2H3. The molecule has 1 unspecified atom stereocenters. The Bertz CT molecular complexity index is 760. The summed E-state index contributed by atoms with van der Waals surface area (Å²) in [6, 6.07) is 3.24. The van der Waals surface area contributed by atoms with E-state index in [9.17, 15) is 13.6 Å². The maximum Gasteiger partial charge on any atom is 0.261 e. The molecule has 1 fully saturated rings. The van der Waals surface area contributed by atoms with E-state index >= 15 is 0 Å². The van der Waals surface area contributed by atoms with Gasteiger partial charge in [-0.05, 0) is 43.0 Å². The first-order valence-electron chi connectivity index (χ1n) is 7.82. The molecule has 1 aromatic heterocycles. The van der Waals surface area contributed by atoms with Crippen LogP contribution in [0.4, 0.5) is 8.78 Å². The third-order valence-electron chi connectivity index (χ3n) is 4.41. The van der Waals surface area contributed by atoms with E-state index in [1.165, 1.54) is 24.1 Å². The quantitative estimate of drug-likeness (QED) is 0.863. The van der Waals surface area contributed by atoms with Gasteiger partial charge < -0.3 is 9.64 Å². The van der Waals surface area contributed by atoms with Gasteiger partial charge in [0.2, 0.25) is 5.88 Å². The Morgan fingerprint density at radius 2 is 2.21 bits per heavy atom. The van der Waals surface area contributed by atoms with Gasteiger partial charge in [0.15, 0.2) is 0 Å². The van der Waals surface area contributed by atoms with Crippen LogP contribution < -0.4 is 4.74 Å². The molecule has 128 valence electrons. The van der Waals surface area contributed by atoms with Crippen molar-refractivity contribution >= 4 is 5.91 Å². The Balaban J connectivity index is 1.82. The fourth-order valence-corrected chi connectivity index (χ4v) is 3.24. The normalized spacial score (nSPS) is 17.3. The largest absolute Gasteiger partial charge is 0.481 e. The van der Waals surface area contributed by atoms with Gasteiger partial charge in [0, 0.05) is 19.6 Å². The van der Waals surface area contributed by atoms with Crippen LogP contribution in [0.2, 0.25) is 0 Å². The topological polar surface area (TPSA) is 47.4 Å². The van der Waals surface area contributed by atoms with Gasteiger partial charge in [0.25, 0.3) is 5.91 Å². The number of halogens is 2. The number of hydrogen-bond acceptors (Lipinski definition) is 3. The highest BCUT2D eigenvalue weighted by Crippen LogP contribution is 2.27. The van der Waals surface area contributed by atoms with Gasteiger partial charge in [-0.15, -0.1) is 0 Å². The zero-order chi connectivity index (χ0) is 17.3. The monoisotopic (exact) mass is 335 g/mol. The van der Waals surface area contributed by atoms with Crippen LogP contribution in [-0.2, 0) is 13.5 Å². The second-order valence-electron chi connectivity index (χ2n) is 5.93. The number of nitrogens with zero attached hydrogens (tertiary/aromatic N) is 3. The van der Waals surface area contributed by atoms with Crippen molar-refractivity contribution in [1.82, 2.24) is 14.7 Å². The molecule has 2 heterocycles. The molecule has 24 heavy (non-hydrogen) atoms. The van der Waals surface area contributed by atoms with Crippen LogP contribution in [0.1, 0.15) is 28.8 Å². The SMILES string of the molecule is COc1c(C(=O)N2CCCC2Cc2cc(F)ccc2F)cnn1C. The lowest BCUT2D eigenvalue weighted by Crippen LogP contribution is -2.37. The Hall–Kier alpha value is -2.44. The minimum Gasteiger partial charge on any atom is -0.481 e. The highest BCUT2D eigenvalue weighted by atomic mass is 19.1. The molecule has 0 bridgehead atoms. The van der Waals surface area contributed by atoms with Gasteiger partial charge in [-0.25, -0.2) is 13.5 Å². The van der Waals surface area contributed by atoms with E-state index in [2.05, 4.69) is 5.10 Å². The molecule has 1 atom stereocenters. The number of benzene rings is 1. The second-order valence-corrected chi connectivity index (χ2v) is 5.93. The van der Waals surface area contributed by atoms with Gasteiger partial charge in [-0.1, -0.05) is 0 Å². The van der Waals surface area contributed by atoms with E-state index in [0.717, 1.165) is 25.0 Å². The fraction of sp³-hybridized carbons (Fsp3) is 0.412. The third kappa shape index (κ3) is 2.98. The Kier molecular flexibility index (Phi) is 4.51. The number of methoxy groups -OCH3 is 1. The predicted molar refractivity (Wildman–Crippen MR) is 83.9 cm³/mol. The molecule has 1 amide bonds. The maximum absolute atomic E-state index is 13.9. The van der Waals surface area contributed by atoms with Crippen molar-refractivity contribution in [3.63, 3.8) is 0 Å². The molecule has 1 saturated heterocycles. The highest BCUT2D eigenvalue weighted by Gasteiger charge is 2.32. The van der Waals surface area contributed by atoms with E-state index in [4.69, 9.17) is 4.74 Å². The molecule has 0 saturated carbocycles. The number of likely N-dealkylation sites (tertiary alicyclic amines) is 1. The molecule has 2 aromatic rings. The highest BCUT2D eigenvalue weighted by molar-refractivity contribution is 5.96. The number of carbonyl (C=O) groups excluding carboxylic acids is 1. The van der Waals surface area contributed by atoms with E-state index in [0.29, 0.717) is 18.0 Å². The van der Waals surface area contributed by atoms with Crippen LogP contribution in [-0.4, -0.2) is 40.3 Å². The van der Waals surface area contributed by atoms with Crippen LogP contribution in [0.3, 0.4) is 0 Å². The number of hydrogen-bond donors (Lipinski definition) is 0. The van der Waals surface area contributed by atoms with Gasteiger partial charge >= 0.3 is 0 Å². The summed E-state index contributed by atoms with van der Waals surface area (Å²) in [4.78, 5) is 14.5. The van der Waals surface area contributed by atoms with Gasteiger partial charge in [0.05, 0.1) is 13.3 Å². The van der Waals surface area contributed by atoms with Crippen LogP contribution in [0.25, 0.3) is 0 Å². The van der Waals surface area contributed by atoms with E-state index < -0.39 is 11.6 Å². The molecule has 5 nitrogen and oxygen atoms in total. The number of aromatic nitrogens is 2. The Morgan fingerprint density at radius 1 is 1.42 bits per heavy atom. The minimum atomic E-state index is -0.476. The molecule has 0 spiro atoms. The molecule has 0 N–H and O–H groups in total. The summed E-state index contributed by atoms with van der Waals surface area (Å²) in [6.07, 6.45) is 3.34. The van der Waals surface area contributed by atoms with Crippen molar-refractivity contribution in [3.05, 3.63) is 47.2 Å². The summed E-state index contributed by atoms with van der Waals surface area (Å²) in [7, 11) is 3.18. The first kappa shape index (κ1) is 16.4. The van der Waals surface area contributed by atoms with E-state index in [1.54, 1.807) is 11.9 Å². The predicted octanol–water partition coefficient (Wildman–Crippen LogP) is 2.55. The number of rotatable bonds is 4. The van der Waals surface area contributed by atoms with Crippen LogP contribution in [0, 0.1) is 11.6 Å². The maximum atomic E-state index is 13.9. The molecule has 7 heteroatoms. The molecule has 0 radical (unpaired) electrons. The Morgan fingerprint density at radius 3 is 2.96 bits per heavy atom. The van der Waals surface area contributed by atoms with E-state index in [-0.39, 0.29) is 23.9 Å². The summed E-state index contributed by atoms with van der Waals surface area (Å²) >= 11 is 0. The lowest BCUT2D eigenvalue weighted by Gasteiger charge is -2.25. The third-order valence-corrected chi connectivity index (χ3v) is 4.41. The second kappa shape index (κ2) is 6.59. The van der Waals surface area contributed by atoms with Crippen molar-refractivity contribution in [1.29, 1.82) is 0 Å². The lowest BCUT2D eigenvalue weighted by atomic mass is 10.0. The average Bonchev–Trinajstić information content (AvgIpc) is 3.16. The number of amides is 1. The Labute approximate surface area is 138 Å². The lowest BCUT2D eigenvalue weighted by molar-refractivity contribution is 0.0732. The summed E-state index contributed by atoms with van der Waals surface area (Å²) in [5.41, 5.74) is 0.671. The smallest absolute Gasteiger partial charge is 0.261 e. The molecule has 1 aliphatic rings. The minimum absolute atomic E-state index is 0.168.